The number of carbonyl (C=O) groups is 1. The van der Waals surface area contributed by atoms with E-state index in [1.165, 1.54) is 18.3 Å². The van der Waals surface area contributed by atoms with E-state index in [0.717, 1.165) is 0 Å². The van der Waals surface area contributed by atoms with E-state index in [2.05, 4.69) is 31.0 Å². The summed E-state index contributed by atoms with van der Waals surface area (Å²) in [6.45, 7) is -1.18. The molecule has 1 unspecified atom stereocenters. The SMILES string of the molecule is CC(NC(=O)c1cc(Br)cnc1Cl)c1cccc(OC(F)F)c1. The molecule has 1 aromatic heterocycles. The Hall–Kier alpha value is -1.73. The van der Waals surface area contributed by atoms with Gasteiger partial charge in [-0.2, -0.15) is 8.78 Å². The van der Waals surface area contributed by atoms with Crippen molar-refractivity contribution in [1.29, 1.82) is 0 Å². The van der Waals surface area contributed by atoms with E-state index in [9.17, 15) is 13.6 Å². The highest BCUT2D eigenvalue weighted by molar-refractivity contribution is 9.10. The number of hydrogen-bond donors (Lipinski definition) is 1. The molecule has 0 aliphatic carbocycles. The molecule has 2 aromatic rings. The van der Waals surface area contributed by atoms with Crippen LogP contribution in [-0.2, 0) is 0 Å². The minimum Gasteiger partial charge on any atom is -0.435 e. The average molecular weight is 406 g/mol. The van der Waals surface area contributed by atoms with Crippen LogP contribution in [0.2, 0.25) is 5.15 Å². The summed E-state index contributed by atoms with van der Waals surface area (Å²) in [6.07, 6.45) is 1.48. The van der Waals surface area contributed by atoms with Gasteiger partial charge < -0.3 is 10.1 Å². The van der Waals surface area contributed by atoms with Crippen LogP contribution in [0.3, 0.4) is 0 Å². The number of pyridine rings is 1. The van der Waals surface area contributed by atoms with Crippen molar-refractivity contribution < 1.29 is 18.3 Å². The monoisotopic (exact) mass is 404 g/mol. The molecule has 1 heterocycles. The molecule has 1 atom stereocenters. The summed E-state index contributed by atoms with van der Waals surface area (Å²) in [5.74, 6) is -0.391. The largest absolute Gasteiger partial charge is 0.435 e. The Morgan fingerprint density at radius 3 is 2.83 bits per heavy atom. The molecular formula is C15H12BrClF2N2O2. The van der Waals surface area contributed by atoms with Crippen LogP contribution in [0.15, 0.2) is 41.0 Å². The molecule has 0 radical (unpaired) electrons. The van der Waals surface area contributed by atoms with Gasteiger partial charge in [-0.05, 0) is 46.6 Å². The third kappa shape index (κ3) is 4.87. The highest BCUT2D eigenvalue weighted by Crippen LogP contribution is 2.22. The third-order valence-electron chi connectivity index (χ3n) is 2.98. The van der Waals surface area contributed by atoms with Gasteiger partial charge in [0, 0.05) is 10.7 Å². The van der Waals surface area contributed by atoms with Gasteiger partial charge in [-0.1, -0.05) is 23.7 Å². The van der Waals surface area contributed by atoms with Gasteiger partial charge in [-0.25, -0.2) is 4.98 Å². The molecule has 0 saturated carbocycles. The number of halogens is 4. The van der Waals surface area contributed by atoms with E-state index in [4.69, 9.17) is 11.6 Å². The van der Waals surface area contributed by atoms with Crippen molar-refractivity contribution in [3.05, 3.63) is 57.3 Å². The fourth-order valence-corrected chi connectivity index (χ4v) is 2.42. The van der Waals surface area contributed by atoms with E-state index in [-0.39, 0.29) is 16.5 Å². The minimum atomic E-state index is -2.90. The number of carbonyl (C=O) groups excluding carboxylic acids is 1. The lowest BCUT2D eigenvalue weighted by molar-refractivity contribution is -0.0499. The first kappa shape index (κ1) is 17.6. The molecule has 4 nitrogen and oxygen atoms in total. The van der Waals surface area contributed by atoms with E-state index in [1.807, 2.05) is 0 Å². The molecule has 0 spiro atoms. The predicted molar refractivity (Wildman–Crippen MR) is 85.9 cm³/mol. The van der Waals surface area contributed by atoms with Crippen LogP contribution in [-0.4, -0.2) is 17.5 Å². The summed E-state index contributed by atoms with van der Waals surface area (Å²) in [4.78, 5) is 16.1. The second-order valence-electron chi connectivity index (χ2n) is 4.64. The Kier molecular flexibility index (Phi) is 5.90. The van der Waals surface area contributed by atoms with Gasteiger partial charge in [0.05, 0.1) is 11.6 Å². The van der Waals surface area contributed by atoms with E-state index >= 15 is 0 Å². The topological polar surface area (TPSA) is 51.2 Å². The molecular weight excluding hydrogens is 394 g/mol. The first-order chi connectivity index (χ1) is 10.9. The molecule has 23 heavy (non-hydrogen) atoms. The maximum Gasteiger partial charge on any atom is 0.387 e. The highest BCUT2D eigenvalue weighted by Gasteiger charge is 2.16. The molecule has 8 heteroatoms. The van der Waals surface area contributed by atoms with E-state index in [1.54, 1.807) is 25.1 Å². The second kappa shape index (κ2) is 7.70. The molecule has 1 aromatic carbocycles. The Bertz CT molecular complexity index is 716. The van der Waals surface area contributed by atoms with Crippen molar-refractivity contribution in [3.63, 3.8) is 0 Å². The molecule has 122 valence electrons. The van der Waals surface area contributed by atoms with Crippen molar-refractivity contribution in [2.45, 2.75) is 19.6 Å². The summed E-state index contributed by atoms with van der Waals surface area (Å²) in [5.41, 5.74) is 0.837. The van der Waals surface area contributed by atoms with Crippen molar-refractivity contribution >= 4 is 33.4 Å². The molecule has 1 N–H and O–H groups in total. The number of amides is 1. The smallest absolute Gasteiger partial charge is 0.387 e. The lowest BCUT2D eigenvalue weighted by Gasteiger charge is -2.16. The standard InChI is InChI=1S/C15H12BrClF2N2O2/c1-8(9-3-2-4-11(5-9)23-15(18)19)21-14(22)12-6-10(16)7-20-13(12)17/h2-8,15H,1H3,(H,21,22). The Labute approximate surface area is 144 Å². The van der Waals surface area contributed by atoms with Crippen molar-refractivity contribution in [1.82, 2.24) is 10.3 Å². The zero-order valence-corrected chi connectivity index (χ0v) is 14.2. The van der Waals surface area contributed by atoms with Crippen LogP contribution in [0.25, 0.3) is 0 Å². The summed E-state index contributed by atoms with van der Waals surface area (Å²) in [5, 5.41) is 2.81. The number of aromatic nitrogens is 1. The zero-order valence-electron chi connectivity index (χ0n) is 11.9. The fraction of sp³-hybridized carbons (Fsp3) is 0.200. The van der Waals surface area contributed by atoms with Gasteiger partial charge in [0.1, 0.15) is 10.9 Å². The fourth-order valence-electron chi connectivity index (χ4n) is 1.90. The summed E-state index contributed by atoms with van der Waals surface area (Å²) >= 11 is 9.13. The number of rotatable bonds is 5. The quantitative estimate of drug-likeness (QED) is 0.740. The van der Waals surface area contributed by atoms with Crippen LogP contribution < -0.4 is 10.1 Å². The van der Waals surface area contributed by atoms with Gasteiger partial charge in [-0.3, -0.25) is 4.79 Å². The lowest BCUT2D eigenvalue weighted by Crippen LogP contribution is -2.27. The molecule has 2 rings (SSSR count). The number of hydrogen-bond acceptors (Lipinski definition) is 3. The van der Waals surface area contributed by atoms with Crippen LogP contribution in [0.4, 0.5) is 8.78 Å². The Balaban J connectivity index is 2.13. The van der Waals surface area contributed by atoms with E-state index in [0.29, 0.717) is 10.0 Å². The minimum absolute atomic E-state index is 0.0285. The first-order valence-electron chi connectivity index (χ1n) is 6.53. The Morgan fingerprint density at radius 1 is 1.39 bits per heavy atom. The molecule has 1 amide bonds. The summed E-state index contributed by atoms with van der Waals surface area (Å²) in [6, 6.07) is 7.25. The Morgan fingerprint density at radius 2 is 2.13 bits per heavy atom. The van der Waals surface area contributed by atoms with Gasteiger partial charge in [0.25, 0.3) is 5.91 Å². The van der Waals surface area contributed by atoms with Gasteiger partial charge in [0.2, 0.25) is 0 Å². The highest BCUT2D eigenvalue weighted by atomic mass is 79.9. The first-order valence-corrected chi connectivity index (χ1v) is 7.70. The number of alkyl halides is 2. The normalized spacial score (nSPS) is 12.1. The predicted octanol–water partition coefficient (Wildman–Crippen LogP) is 4.59. The number of ether oxygens (including phenoxy) is 1. The van der Waals surface area contributed by atoms with E-state index < -0.39 is 18.6 Å². The van der Waals surface area contributed by atoms with Crippen LogP contribution in [0.1, 0.15) is 28.9 Å². The molecule has 0 bridgehead atoms. The number of benzene rings is 1. The molecule has 0 aliphatic heterocycles. The van der Waals surface area contributed by atoms with Crippen molar-refractivity contribution in [2.75, 3.05) is 0 Å². The van der Waals surface area contributed by atoms with Crippen LogP contribution >= 0.6 is 27.5 Å². The second-order valence-corrected chi connectivity index (χ2v) is 5.91. The molecule has 0 fully saturated rings. The maximum absolute atomic E-state index is 12.3. The third-order valence-corrected chi connectivity index (χ3v) is 3.72. The van der Waals surface area contributed by atoms with Crippen LogP contribution in [0, 0.1) is 0 Å². The van der Waals surface area contributed by atoms with Crippen molar-refractivity contribution in [2.24, 2.45) is 0 Å². The summed E-state index contributed by atoms with van der Waals surface area (Å²) in [7, 11) is 0. The van der Waals surface area contributed by atoms with Gasteiger partial charge >= 0.3 is 6.61 Å². The lowest BCUT2D eigenvalue weighted by atomic mass is 10.1. The zero-order chi connectivity index (χ0) is 17.0. The number of nitrogens with zero attached hydrogens (tertiary/aromatic N) is 1. The number of nitrogens with one attached hydrogen (secondary N) is 1. The van der Waals surface area contributed by atoms with Crippen LogP contribution in [0.5, 0.6) is 5.75 Å². The molecule has 0 aliphatic rings. The van der Waals surface area contributed by atoms with Gasteiger partial charge in [-0.15, -0.1) is 0 Å². The van der Waals surface area contributed by atoms with Gasteiger partial charge in [0.15, 0.2) is 0 Å². The maximum atomic E-state index is 12.3. The summed E-state index contributed by atoms with van der Waals surface area (Å²) < 4.78 is 29.5. The molecule has 0 saturated heterocycles. The average Bonchev–Trinajstić information content (AvgIpc) is 2.49. The van der Waals surface area contributed by atoms with Crippen molar-refractivity contribution in [3.8, 4) is 5.75 Å².